The Labute approximate surface area is 221 Å². The van der Waals surface area contributed by atoms with Crippen molar-refractivity contribution in [3.63, 3.8) is 0 Å². The Kier molecular flexibility index (Phi) is 7.38. The van der Waals surface area contributed by atoms with Gasteiger partial charge in [-0.2, -0.15) is 0 Å². The van der Waals surface area contributed by atoms with E-state index in [1.54, 1.807) is 37.3 Å². The fourth-order valence-electron chi connectivity index (χ4n) is 3.80. The van der Waals surface area contributed by atoms with Crippen LogP contribution in [0, 0.1) is 6.92 Å². The second kappa shape index (κ2) is 10.2. The van der Waals surface area contributed by atoms with Crippen LogP contribution in [0.5, 0.6) is 11.5 Å². The molecule has 4 rings (SSSR count). The summed E-state index contributed by atoms with van der Waals surface area (Å²) in [7, 11) is -1.21. The molecule has 10 nitrogen and oxygen atoms in total. The van der Waals surface area contributed by atoms with Crippen LogP contribution in [0.1, 0.15) is 31.3 Å². The topological polar surface area (TPSA) is 122 Å². The maximum absolute atomic E-state index is 15.9. The molecule has 3 heterocycles. The van der Waals surface area contributed by atoms with Crippen LogP contribution in [0.2, 0.25) is 0 Å². The third-order valence-corrected chi connectivity index (χ3v) is 8.60. The molecule has 0 aliphatic rings. The number of nitrogens with zero attached hydrogens (tertiary/aromatic N) is 5. The lowest BCUT2D eigenvalue weighted by atomic mass is 10.0. The number of rotatable bonds is 9. The van der Waals surface area contributed by atoms with Crippen LogP contribution in [-0.2, 0) is 21.3 Å². The first kappa shape index (κ1) is 26.7. The molecule has 0 aliphatic heterocycles. The molecule has 0 bridgehead atoms. The second-order valence-corrected chi connectivity index (χ2v) is 11.7. The van der Waals surface area contributed by atoms with Crippen LogP contribution in [-0.4, -0.2) is 52.6 Å². The smallest absolute Gasteiger partial charge is 0.204 e. The van der Waals surface area contributed by atoms with E-state index in [9.17, 15) is 8.42 Å². The molecule has 3 aromatic heterocycles. The van der Waals surface area contributed by atoms with Crippen LogP contribution in [0.15, 0.2) is 51.6 Å². The Morgan fingerprint density at radius 3 is 2.27 bits per heavy atom. The predicted molar refractivity (Wildman–Crippen MR) is 137 cm³/mol. The van der Waals surface area contributed by atoms with E-state index in [4.69, 9.17) is 13.9 Å². The molecule has 0 aliphatic carbocycles. The van der Waals surface area contributed by atoms with Gasteiger partial charge in [-0.25, -0.2) is 22.8 Å². The summed E-state index contributed by atoms with van der Waals surface area (Å²) < 4.78 is 61.9. The Morgan fingerprint density at radius 1 is 1.11 bits per heavy atom. The van der Waals surface area contributed by atoms with Crippen LogP contribution >= 0.6 is 15.9 Å². The molecule has 0 saturated carbocycles. The van der Waals surface area contributed by atoms with Gasteiger partial charge in [-0.15, -0.1) is 10.2 Å². The zero-order valence-electron chi connectivity index (χ0n) is 20.8. The van der Waals surface area contributed by atoms with E-state index in [1.165, 1.54) is 38.1 Å². The van der Waals surface area contributed by atoms with Gasteiger partial charge in [0.15, 0.2) is 32.9 Å². The molecule has 37 heavy (non-hydrogen) atoms. The van der Waals surface area contributed by atoms with E-state index in [1.807, 2.05) is 0 Å². The van der Waals surface area contributed by atoms with Crippen molar-refractivity contribution in [1.29, 1.82) is 0 Å². The second-order valence-electron chi connectivity index (χ2n) is 8.45. The van der Waals surface area contributed by atoms with Gasteiger partial charge in [0.25, 0.3) is 0 Å². The average Bonchev–Trinajstić information content (AvgIpc) is 3.48. The van der Waals surface area contributed by atoms with Gasteiger partial charge in [0.2, 0.25) is 5.82 Å². The monoisotopic (exact) mass is 593 g/mol. The van der Waals surface area contributed by atoms with Crippen molar-refractivity contribution in [3.8, 4) is 28.8 Å². The highest BCUT2D eigenvalue weighted by atomic mass is 79.9. The minimum atomic E-state index is -4.16. The van der Waals surface area contributed by atoms with E-state index in [0.717, 1.165) is 6.92 Å². The summed E-state index contributed by atoms with van der Waals surface area (Å²) >= 11 is 3.20. The first-order chi connectivity index (χ1) is 17.5. The Morgan fingerprint density at radius 2 is 1.73 bits per heavy atom. The summed E-state index contributed by atoms with van der Waals surface area (Å²) in [4.78, 5) is 7.94. The third-order valence-electron chi connectivity index (χ3n) is 6.01. The van der Waals surface area contributed by atoms with Gasteiger partial charge >= 0.3 is 0 Å². The Hall–Kier alpha value is -3.32. The summed E-state index contributed by atoms with van der Waals surface area (Å²) in [6.45, 7) is 4.19. The number of aryl methyl sites for hydroxylation is 1. The number of furan rings is 1. The fraction of sp³-hybridized carbons (Fsp3) is 0.333. The number of methoxy groups -OCH3 is 2. The molecule has 0 radical (unpaired) electrons. The number of halogens is 2. The summed E-state index contributed by atoms with van der Waals surface area (Å²) in [6, 6.07) is 8.56. The van der Waals surface area contributed by atoms with Gasteiger partial charge in [0.1, 0.15) is 33.9 Å². The Balaban J connectivity index is 1.84. The summed E-state index contributed by atoms with van der Waals surface area (Å²) in [5.41, 5.74) is -2.01. The number of sulfone groups is 1. The number of aromatic nitrogens is 5. The van der Waals surface area contributed by atoms with Crippen molar-refractivity contribution in [2.24, 2.45) is 0 Å². The van der Waals surface area contributed by atoms with E-state index in [-0.39, 0.29) is 17.5 Å². The lowest BCUT2D eigenvalue weighted by Crippen LogP contribution is -2.39. The van der Waals surface area contributed by atoms with E-state index in [0.29, 0.717) is 33.2 Å². The molecule has 196 valence electrons. The van der Waals surface area contributed by atoms with Crippen LogP contribution in [0.3, 0.4) is 0 Å². The number of alkyl halides is 1. The van der Waals surface area contributed by atoms with Gasteiger partial charge in [0.05, 0.1) is 18.7 Å². The molecular formula is C24H25BrFN5O5S. The minimum Gasteiger partial charge on any atom is -0.494 e. The summed E-state index contributed by atoms with van der Waals surface area (Å²) in [5, 5.41) is 6.87. The minimum absolute atomic E-state index is 0.0197. The zero-order chi connectivity index (χ0) is 27.0. The number of hydrogen-bond donors (Lipinski definition) is 0. The van der Waals surface area contributed by atoms with Crippen molar-refractivity contribution < 1.29 is 26.7 Å². The molecule has 0 spiro atoms. The van der Waals surface area contributed by atoms with Crippen LogP contribution < -0.4 is 9.47 Å². The lowest BCUT2D eigenvalue weighted by molar-refractivity contribution is 0.174. The van der Waals surface area contributed by atoms with E-state index >= 15 is 4.39 Å². The molecule has 4 aromatic rings. The van der Waals surface area contributed by atoms with Gasteiger partial charge in [-0.1, -0.05) is 6.07 Å². The average molecular weight is 594 g/mol. The van der Waals surface area contributed by atoms with Gasteiger partial charge < -0.3 is 13.9 Å². The number of hydrogen-bond acceptors (Lipinski definition) is 9. The van der Waals surface area contributed by atoms with Crippen molar-refractivity contribution in [1.82, 2.24) is 24.7 Å². The quantitative estimate of drug-likeness (QED) is 0.274. The molecule has 1 aromatic carbocycles. The molecule has 0 unspecified atom stereocenters. The first-order valence-electron chi connectivity index (χ1n) is 11.1. The van der Waals surface area contributed by atoms with Gasteiger partial charge in [-0.05, 0) is 61.0 Å². The highest BCUT2D eigenvalue weighted by Gasteiger charge is 2.44. The van der Waals surface area contributed by atoms with Gasteiger partial charge in [0, 0.05) is 12.4 Å². The van der Waals surface area contributed by atoms with Crippen molar-refractivity contribution in [2.75, 3.05) is 14.2 Å². The SMILES string of the molecule is COc1cccc(OC)c1-n1c(CS(=O)(=O)[C@@H](C)[C@](C)(F)c2ncc(Br)cn2)nnc1-c1ccc(C)o1. The third kappa shape index (κ3) is 5.10. The largest absolute Gasteiger partial charge is 0.494 e. The van der Waals surface area contributed by atoms with Crippen LogP contribution in [0.4, 0.5) is 4.39 Å². The first-order valence-corrected chi connectivity index (χ1v) is 13.6. The molecule has 2 atom stereocenters. The van der Waals surface area contributed by atoms with Gasteiger partial charge in [-0.3, -0.25) is 4.57 Å². The fourth-order valence-corrected chi connectivity index (χ4v) is 5.58. The number of ether oxygens (including phenoxy) is 2. The normalized spacial score (nSPS) is 14.2. The zero-order valence-corrected chi connectivity index (χ0v) is 23.2. The molecular weight excluding hydrogens is 569 g/mol. The maximum atomic E-state index is 15.9. The number of para-hydroxylation sites is 1. The molecule has 13 heteroatoms. The molecule has 0 amide bonds. The Bertz CT molecular complexity index is 1500. The summed E-state index contributed by atoms with van der Waals surface area (Å²) in [6.07, 6.45) is 2.73. The van der Waals surface area contributed by atoms with Crippen molar-refractivity contribution in [2.45, 2.75) is 37.4 Å². The van der Waals surface area contributed by atoms with E-state index in [2.05, 4.69) is 36.1 Å². The van der Waals surface area contributed by atoms with Crippen molar-refractivity contribution >= 4 is 25.8 Å². The number of benzene rings is 1. The molecule has 0 fully saturated rings. The molecule has 0 N–H and O–H groups in total. The van der Waals surface area contributed by atoms with E-state index < -0.39 is 26.5 Å². The highest BCUT2D eigenvalue weighted by molar-refractivity contribution is 9.10. The molecule has 0 saturated heterocycles. The highest BCUT2D eigenvalue weighted by Crippen LogP contribution is 2.38. The maximum Gasteiger partial charge on any atom is 0.204 e. The summed E-state index contributed by atoms with van der Waals surface area (Å²) in [5.74, 6) is 1.11. The standard InChI is InChI=1S/C24H25BrFN5O5S/c1-14-9-10-19(36-14)22-30-29-20(31(22)21-17(34-4)7-6-8-18(21)35-5)13-37(32,33)15(2)24(3,26)23-27-11-16(25)12-28-23/h6-12,15H,13H2,1-5H3/t15-,24-/m0/s1. The van der Waals surface area contributed by atoms with Crippen molar-refractivity contribution in [3.05, 3.63) is 64.6 Å². The lowest BCUT2D eigenvalue weighted by Gasteiger charge is -2.26. The van der Waals surface area contributed by atoms with Crippen LogP contribution in [0.25, 0.3) is 17.3 Å². The predicted octanol–water partition coefficient (Wildman–Crippen LogP) is 4.59.